The number of anilines is 3. The Labute approximate surface area is 181 Å². The molecule has 30 heavy (non-hydrogen) atoms. The molecule has 0 spiro atoms. The molecule has 0 aliphatic carbocycles. The van der Waals surface area contributed by atoms with Crippen LogP contribution in [0.4, 0.5) is 17.1 Å². The maximum atomic E-state index is 12.3. The summed E-state index contributed by atoms with van der Waals surface area (Å²) in [4.78, 5) is 36.0. The lowest BCUT2D eigenvalue weighted by molar-refractivity contribution is -0.116. The molecule has 4 N–H and O–H groups in total. The minimum absolute atomic E-state index is 0.0142. The summed E-state index contributed by atoms with van der Waals surface area (Å²) < 4.78 is 0. The molecule has 0 aromatic heterocycles. The Morgan fingerprint density at radius 2 is 1.60 bits per heavy atom. The highest BCUT2D eigenvalue weighted by molar-refractivity contribution is 6.33. The van der Waals surface area contributed by atoms with Crippen LogP contribution in [0.5, 0.6) is 0 Å². The second kappa shape index (κ2) is 11.2. The summed E-state index contributed by atoms with van der Waals surface area (Å²) in [6, 6.07) is 11.8. The van der Waals surface area contributed by atoms with E-state index in [1.54, 1.807) is 42.5 Å². The summed E-state index contributed by atoms with van der Waals surface area (Å²) in [6.07, 6.45) is 1.17. The monoisotopic (exact) mass is 430 g/mol. The Balaban J connectivity index is 1.91. The quantitative estimate of drug-likeness (QED) is 0.477. The van der Waals surface area contributed by atoms with E-state index in [0.29, 0.717) is 34.1 Å². The second-order valence-corrected chi connectivity index (χ2v) is 7.51. The van der Waals surface area contributed by atoms with Crippen LogP contribution in [-0.4, -0.2) is 30.3 Å². The molecule has 0 saturated heterocycles. The molecule has 0 radical (unpaired) electrons. The molecule has 0 unspecified atom stereocenters. The number of halogens is 1. The zero-order valence-corrected chi connectivity index (χ0v) is 18.1. The van der Waals surface area contributed by atoms with Gasteiger partial charge >= 0.3 is 0 Å². The molecule has 0 saturated carbocycles. The van der Waals surface area contributed by atoms with E-state index in [1.807, 2.05) is 20.8 Å². The van der Waals surface area contributed by atoms with Crippen molar-refractivity contribution in [1.29, 1.82) is 0 Å². The van der Waals surface area contributed by atoms with Gasteiger partial charge in [-0.2, -0.15) is 0 Å². The highest BCUT2D eigenvalue weighted by atomic mass is 35.5. The van der Waals surface area contributed by atoms with Crippen molar-refractivity contribution in [3.05, 3.63) is 53.1 Å². The van der Waals surface area contributed by atoms with Gasteiger partial charge in [0.05, 0.1) is 17.3 Å². The lowest BCUT2D eigenvalue weighted by atomic mass is 10.2. The molecule has 0 fully saturated rings. The number of rotatable bonds is 9. The SMILES string of the molecule is CCCC(=O)Nc1ccc(Cl)c(NC(=O)CNc2ccc(C(=O)NC(C)C)cc2)c1. The smallest absolute Gasteiger partial charge is 0.251 e. The third-order valence-corrected chi connectivity index (χ3v) is 4.35. The third-order valence-electron chi connectivity index (χ3n) is 4.02. The first kappa shape index (κ1) is 23.2. The number of amides is 3. The van der Waals surface area contributed by atoms with Gasteiger partial charge in [0.1, 0.15) is 0 Å². The predicted octanol–water partition coefficient (Wildman–Crippen LogP) is 4.27. The third kappa shape index (κ3) is 7.40. The van der Waals surface area contributed by atoms with E-state index in [2.05, 4.69) is 21.3 Å². The van der Waals surface area contributed by atoms with Crippen molar-refractivity contribution in [1.82, 2.24) is 5.32 Å². The van der Waals surface area contributed by atoms with Gasteiger partial charge in [-0.3, -0.25) is 14.4 Å². The van der Waals surface area contributed by atoms with Gasteiger partial charge in [0.15, 0.2) is 0 Å². The first-order valence-corrected chi connectivity index (χ1v) is 10.2. The number of benzene rings is 2. The Morgan fingerprint density at radius 1 is 0.933 bits per heavy atom. The van der Waals surface area contributed by atoms with E-state index in [1.165, 1.54) is 0 Å². The van der Waals surface area contributed by atoms with Gasteiger partial charge in [0, 0.05) is 29.4 Å². The van der Waals surface area contributed by atoms with Crippen molar-refractivity contribution >= 4 is 46.4 Å². The van der Waals surface area contributed by atoms with Gasteiger partial charge in [-0.25, -0.2) is 0 Å². The fourth-order valence-electron chi connectivity index (χ4n) is 2.61. The van der Waals surface area contributed by atoms with Crippen molar-refractivity contribution < 1.29 is 14.4 Å². The fraction of sp³-hybridized carbons (Fsp3) is 0.318. The minimum atomic E-state index is -0.296. The number of carbonyl (C=O) groups is 3. The van der Waals surface area contributed by atoms with Crippen LogP contribution in [0, 0.1) is 0 Å². The molecule has 8 heteroatoms. The van der Waals surface area contributed by atoms with E-state index in [-0.39, 0.29) is 30.3 Å². The molecule has 0 atom stereocenters. The summed E-state index contributed by atoms with van der Waals surface area (Å²) in [5, 5.41) is 11.7. The van der Waals surface area contributed by atoms with Crippen LogP contribution >= 0.6 is 11.6 Å². The van der Waals surface area contributed by atoms with E-state index in [9.17, 15) is 14.4 Å². The second-order valence-electron chi connectivity index (χ2n) is 7.10. The minimum Gasteiger partial charge on any atom is -0.376 e. The van der Waals surface area contributed by atoms with Crippen LogP contribution in [0.3, 0.4) is 0 Å². The zero-order valence-electron chi connectivity index (χ0n) is 17.3. The molecule has 0 aliphatic rings. The van der Waals surface area contributed by atoms with Crippen molar-refractivity contribution in [2.75, 3.05) is 22.5 Å². The molecule has 3 amide bonds. The highest BCUT2D eigenvalue weighted by Crippen LogP contribution is 2.25. The first-order valence-electron chi connectivity index (χ1n) is 9.82. The van der Waals surface area contributed by atoms with Gasteiger partial charge in [-0.1, -0.05) is 18.5 Å². The topological polar surface area (TPSA) is 99.3 Å². The van der Waals surface area contributed by atoms with Crippen LogP contribution in [0.1, 0.15) is 44.0 Å². The van der Waals surface area contributed by atoms with Crippen molar-refractivity contribution in [2.45, 2.75) is 39.7 Å². The van der Waals surface area contributed by atoms with Crippen LogP contribution in [0.15, 0.2) is 42.5 Å². The number of hydrogen-bond donors (Lipinski definition) is 4. The predicted molar refractivity (Wildman–Crippen MR) is 121 cm³/mol. The summed E-state index contributed by atoms with van der Waals surface area (Å²) >= 11 is 6.15. The molecule has 2 aromatic rings. The Hall–Kier alpha value is -3.06. The van der Waals surface area contributed by atoms with E-state index < -0.39 is 0 Å². The fourth-order valence-corrected chi connectivity index (χ4v) is 2.78. The number of nitrogens with one attached hydrogen (secondary N) is 4. The normalized spacial score (nSPS) is 10.4. The van der Waals surface area contributed by atoms with Gasteiger partial charge in [-0.05, 0) is 62.7 Å². The van der Waals surface area contributed by atoms with Crippen molar-refractivity contribution in [3.63, 3.8) is 0 Å². The summed E-state index contributed by atoms with van der Waals surface area (Å²) in [5.74, 6) is -0.533. The Bertz CT molecular complexity index is 898. The van der Waals surface area contributed by atoms with Gasteiger partial charge in [0.2, 0.25) is 11.8 Å². The van der Waals surface area contributed by atoms with Crippen LogP contribution < -0.4 is 21.3 Å². The number of hydrogen-bond acceptors (Lipinski definition) is 4. The zero-order chi connectivity index (χ0) is 22.1. The highest BCUT2D eigenvalue weighted by Gasteiger charge is 2.10. The molecule has 7 nitrogen and oxygen atoms in total. The molecule has 0 aliphatic heterocycles. The molecule has 2 aromatic carbocycles. The molecule has 0 heterocycles. The molecular weight excluding hydrogens is 404 g/mol. The Morgan fingerprint density at radius 3 is 2.23 bits per heavy atom. The van der Waals surface area contributed by atoms with Gasteiger partial charge < -0.3 is 21.3 Å². The average molecular weight is 431 g/mol. The van der Waals surface area contributed by atoms with E-state index >= 15 is 0 Å². The van der Waals surface area contributed by atoms with Crippen LogP contribution in [0.2, 0.25) is 5.02 Å². The van der Waals surface area contributed by atoms with E-state index in [0.717, 1.165) is 6.42 Å². The van der Waals surface area contributed by atoms with Crippen LogP contribution in [0.25, 0.3) is 0 Å². The van der Waals surface area contributed by atoms with Crippen molar-refractivity contribution in [2.24, 2.45) is 0 Å². The lowest BCUT2D eigenvalue weighted by Gasteiger charge is -2.12. The van der Waals surface area contributed by atoms with Gasteiger partial charge in [0.25, 0.3) is 5.91 Å². The number of carbonyl (C=O) groups excluding carboxylic acids is 3. The molecule has 2 rings (SSSR count). The standard InChI is InChI=1S/C22H27ClN4O3/c1-4-5-20(28)26-17-10-11-18(23)19(12-17)27-21(29)13-24-16-8-6-15(7-9-16)22(30)25-14(2)3/h6-12,14,24H,4-5,13H2,1-3H3,(H,25,30)(H,26,28)(H,27,29). The summed E-state index contributed by atoms with van der Waals surface area (Å²) in [7, 11) is 0. The summed E-state index contributed by atoms with van der Waals surface area (Å²) in [5.41, 5.74) is 2.24. The first-order chi connectivity index (χ1) is 14.3. The Kier molecular flexibility index (Phi) is 8.68. The largest absolute Gasteiger partial charge is 0.376 e. The average Bonchev–Trinajstić information content (AvgIpc) is 2.69. The maximum absolute atomic E-state index is 12.3. The summed E-state index contributed by atoms with van der Waals surface area (Å²) in [6.45, 7) is 5.73. The maximum Gasteiger partial charge on any atom is 0.251 e. The van der Waals surface area contributed by atoms with Gasteiger partial charge in [-0.15, -0.1) is 0 Å². The molecule has 160 valence electrons. The van der Waals surface area contributed by atoms with Crippen LogP contribution in [-0.2, 0) is 9.59 Å². The molecular formula is C22H27ClN4O3. The van der Waals surface area contributed by atoms with Crippen molar-refractivity contribution in [3.8, 4) is 0 Å². The lowest BCUT2D eigenvalue weighted by Crippen LogP contribution is -2.30. The molecule has 0 bridgehead atoms. The van der Waals surface area contributed by atoms with E-state index in [4.69, 9.17) is 11.6 Å².